The molecule has 116 valence electrons. The summed E-state index contributed by atoms with van der Waals surface area (Å²) in [4.78, 5) is 18.7. The van der Waals surface area contributed by atoms with Crippen molar-refractivity contribution < 1.29 is 9.53 Å². The van der Waals surface area contributed by atoms with Crippen LogP contribution in [-0.4, -0.2) is 28.1 Å². The number of aromatic nitrogens is 2. The fourth-order valence-electron chi connectivity index (χ4n) is 2.47. The highest BCUT2D eigenvalue weighted by molar-refractivity contribution is 5.67. The topological polar surface area (TPSA) is 79.0 Å². The van der Waals surface area contributed by atoms with Crippen molar-refractivity contribution in [3.8, 4) is 0 Å². The van der Waals surface area contributed by atoms with Gasteiger partial charge in [-0.1, -0.05) is 30.3 Å². The van der Waals surface area contributed by atoms with Crippen molar-refractivity contribution >= 4 is 6.09 Å². The van der Waals surface area contributed by atoms with E-state index in [9.17, 15) is 4.79 Å². The molecule has 1 aromatic carbocycles. The number of ether oxygens (including phenoxy) is 1. The van der Waals surface area contributed by atoms with Crippen LogP contribution in [0.25, 0.3) is 0 Å². The van der Waals surface area contributed by atoms with Crippen LogP contribution in [-0.2, 0) is 17.9 Å². The molecular formula is C16H20N4O2. The first kappa shape index (κ1) is 14.6. The second-order valence-corrected chi connectivity index (χ2v) is 5.53. The van der Waals surface area contributed by atoms with Crippen LogP contribution in [0.1, 0.15) is 24.1 Å². The quantitative estimate of drug-likeness (QED) is 0.762. The third-order valence-electron chi connectivity index (χ3n) is 3.81. The smallest absolute Gasteiger partial charge is 0.407 e. The number of H-pyrrole nitrogens is 1. The molecule has 0 bridgehead atoms. The summed E-state index contributed by atoms with van der Waals surface area (Å²) in [5.41, 5.74) is 2.06. The monoisotopic (exact) mass is 300 g/mol. The van der Waals surface area contributed by atoms with Crippen LogP contribution in [0.3, 0.4) is 0 Å². The van der Waals surface area contributed by atoms with Crippen molar-refractivity contribution in [2.24, 2.45) is 0 Å². The first-order valence-corrected chi connectivity index (χ1v) is 7.47. The standard InChI is InChI=1S/C16H20N4O2/c21-16(22-10-12-4-2-1-3-5-12)20-14-6-13(7-14)18-9-15-8-17-11-19-15/h1-5,8,11,13-14,18H,6-7,9-10H2,(H,17,19)(H,20,21). The minimum absolute atomic E-state index is 0.197. The largest absolute Gasteiger partial charge is 0.445 e. The molecule has 0 aliphatic heterocycles. The lowest BCUT2D eigenvalue weighted by Crippen LogP contribution is -2.52. The van der Waals surface area contributed by atoms with Crippen LogP contribution in [0.15, 0.2) is 42.9 Å². The van der Waals surface area contributed by atoms with E-state index in [0.29, 0.717) is 12.6 Å². The van der Waals surface area contributed by atoms with Crippen LogP contribution in [0.2, 0.25) is 0 Å². The van der Waals surface area contributed by atoms with Gasteiger partial charge in [0.05, 0.1) is 6.33 Å². The van der Waals surface area contributed by atoms with Crippen molar-refractivity contribution in [1.82, 2.24) is 20.6 Å². The molecular weight excluding hydrogens is 280 g/mol. The lowest BCUT2D eigenvalue weighted by Gasteiger charge is -2.36. The van der Waals surface area contributed by atoms with Crippen LogP contribution in [0.5, 0.6) is 0 Å². The van der Waals surface area contributed by atoms with E-state index in [2.05, 4.69) is 20.6 Å². The second-order valence-electron chi connectivity index (χ2n) is 5.53. The molecule has 0 spiro atoms. The van der Waals surface area contributed by atoms with Gasteiger partial charge in [0, 0.05) is 30.5 Å². The van der Waals surface area contributed by atoms with E-state index in [4.69, 9.17) is 4.74 Å². The first-order chi connectivity index (χ1) is 10.8. The highest BCUT2D eigenvalue weighted by atomic mass is 16.5. The lowest BCUT2D eigenvalue weighted by atomic mass is 9.87. The normalized spacial score (nSPS) is 20.2. The summed E-state index contributed by atoms with van der Waals surface area (Å²) in [5.74, 6) is 0. The highest BCUT2D eigenvalue weighted by Crippen LogP contribution is 2.20. The van der Waals surface area contributed by atoms with E-state index in [1.54, 1.807) is 6.33 Å². The minimum Gasteiger partial charge on any atom is -0.445 e. The van der Waals surface area contributed by atoms with Crippen LogP contribution in [0.4, 0.5) is 4.79 Å². The molecule has 0 unspecified atom stereocenters. The van der Waals surface area contributed by atoms with E-state index in [1.165, 1.54) is 0 Å². The van der Waals surface area contributed by atoms with Gasteiger partial charge in [0.15, 0.2) is 0 Å². The van der Waals surface area contributed by atoms with Gasteiger partial charge in [-0.15, -0.1) is 0 Å². The fourth-order valence-corrected chi connectivity index (χ4v) is 2.47. The van der Waals surface area contributed by atoms with Gasteiger partial charge in [0.25, 0.3) is 0 Å². The maximum atomic E-state index is 11.7. The summed E-state index contributed by atoms with van der Waals surface area (Å²) in [6.07, 6.45) is 4.98. The zero-order valence-electron chi connectivity index (χ0n) is 12.3. The predicted octanol–water partition coefficient (Wildman–Crippen LogP) is 1.96. The van der Waals surface area contributed by atoms with Crippen molar-refractivity contribution in [3.05, 3.63) is 54.1 Å². The zero-order chi connectivity index (χ0) is 15.2. The molecule has 6 heteroatoms. The maximum absolute atomic E-state index is 11.7. The molecule has 1 aliphatic carbocycles. The number of benzene rings is 1. The molecule has 2 aromatic rings. The molecule has 0 saturated heterocycles. The average molecular weight is 300 g/mol. The molecule has 1 fully saturated rings. The molecule has 0 radical (unpaired) electrons. The number of amides is 1. The summed E-state index contributed by atoms with van der Waals surface area (Å²) in [7, 11) is 0. The number of nitrogens with one attached hydrogen (secondary N) is 3. The third kappa shape index (κ3) is 4.08. The number of nitrogens with zero attached hydrogens (tertiary/aromatic N) is 1. The third-order valence-corrected chi connectivity index (χ3v) is 3.81. The first-order valence-electron chi connectivity index (χ1n) is 7.47. The summed E-state index contributed by atoms with van der Waals surface area (Å²) in [5, 5.41) is 6.31. The van der Waals surface area contributed by atoms with Crippen molar-refractivity contribution in [2.75, 3.05) is 0 Å². The molecule has 3 rings (SSSR count). The van der Waals surface area contributed by atoms with Gasteiger partial charge in [0.1, 0.15) is 6.61 Å². The van der Waals surface area contributed by atoms with E-state index in [-0.39, 0.29) is 12.1 Å². The Morgan fingerprint density at radius 1 is 1.27 bits per heavy atom. The molecule has 0 atom stereocenters. The zero-order valence-corrected chi connectivity index (χ0v) is 12.3. The van der Waals surface area contributed by atoms with Gasteiger partial charge in [-0.2, -0.15) is 0 Å². The van der Waals surface area contributed by atoms with Gasteiger partial charge in [0.2, 0.25) is 0 Å². The molecule has 6 nitrogen and oxygen atoms in total. The van der Waals surface area contributed by atoms with Gasteiger partial charge in [-0.3, -0.25) is 0 Å². The Hall–Kier alpha value is -2.34. The lowest BCUT2D eigenvalue weighted by molar-refractivity contribution is 0.125. The van der Waals surface area contributed by atoms with Crippen LogP contribution in [0, 0.1) is 0 Å². The van der Waals surface area contributed by atoms with Crippen molar-refractivity contribution in [3.63, 3.8) is 0 Å². The molecule has 1 aliphatic rings. The van der Waals surface area contributed by atoms with E-state index in [1.807, 2.05) is 36.5 Å². The summed E-state index contributed by atoms with van der Waals surface area (Å²) in [6.45, 7) is 1.08. The number of imidazole rings is 1. The van der Waals surface area contributed by atoms with Crippen LogP contribution >= 0.6 is 0 Å². The van der Waals surface area contributed by atoms with Gasteiger partial charge >= 0.3 is 6.09 Å². The van der Waals surface area contributed by atoms with Crippen molar-refractivity contribution in [1.29, 1.82) is 0 Å². The number of hydrogen-bond donors (Lipinski definition) is 3. The van der Waals surface area contributed by atoms with Gasteiger partial charge in [-0.25, -0.2) is 9.78 Å². The number of hydrogen-bond acceptors (Lipinski definition) is 4. The molecule has 1 saturated carbocycles. The Labute approximate surface area is 129 Å². The highest BCUT2D eigenvalue weighted by Gasteiger charge is 2.30. The molecule has 1 heterocycles. The minimum atomic E-state index is -0.346. The number of alkyl carbamates (subject to hydrolysis) is 1. The number of rotatable bonds is 6. The molecule has 3 N–H and O–H groups in total. The Bertz CT molecular complexity index is 579. The van der Waals surface area contributed by atoms with E-state index in [0.717, 1.165) is 30.6 Å². The number of carbonyl (C=O) groups is 1. The summed E-state index contributed by atoms with van der Waals surface area (Å²) in [6, 6.07) is 10.3. The average Bonchev–Trinajstić information content (AvgIpc) is 3.01. The fraction of sp³-hybridized carbons (Fsp3) is 0.375. The Kier molecular flexibility index (Phi) is 4.70. The Morgan fingerprint density at radius 3 is 2.82 bits per heavy atom. The van der Waals surface area contributed by atoms with E-state index >= 15 is 0 Å². The predicted molar refractivity (Wildman–Crippen MR) is 82.0 cm³/mol. The van der Waals surface area contributed by atoms with E-state index < -0.39 is 0 Å². The summed E-state index contributed by atoms with van der Waals surface area (Å²) < 4.78 is 5.20. The second kappa shape index (κ2) is 7.09. The Morgan fingerprint density at radius 2 is 2.09 bits per heavy atom. The maximum Gasteiger partial charge on any atom is 0.407 e. The number of carbonyl (C=O) groups excluding carboxylic acids is 1. The van der Waals surface area contributed by atoms with Crippen molar-refractivity contribution in [2.45, 2.75) is 38.1 Å². The SMILES string of the molecule is O=C(NC1CC(NCc2cnc[nH]2)C1)OCc1ccccc1. The Balaban J connectivity index is 1.29. The molecule has 1 amide bonds. The van der Waals surface area contributed by atoms with Gasteiger partial charge < -0.3 is 20.4 Å². The molecule has 1 aromatic heterocycles. The summed E-state index contributed by atoms with van der Waals surface area (Å²) >= 11 is 0. The van der Waals surface area contributed by atoms with Crippen LogP contribution < -0.4 is 10.6 Å². The molecule has 22 heavy (non-hydrogen) atoms. The van der Waals surface area contributed by atoms with Gasteiger partial charge in [-0.05, 0) is 18.4 Å². The number of aromatic amines is 1.